The van der Waals surface area contributed by atoms with Crippen LogP contribution in [0.4, 0.5) is 0 Å². The lowest BCUT2D eigenvalue weighted by molar-refractivity contribution is 0.344. The molecule has 2 heteroatoms. The van der Waals surface area contributed by atoms with Crippen LogP contribution < -0.4 is 0 Å². The van der Waals surface area contributed by atoms with Crippen LogP contribution >= 0.6 is 31.9 Å². The highest BCUT2D eigenvalue weighted by atomic mass is 79.9. The van der Waals surface area contributed by atoms with Gasteiger partial charge in [0, 0.05) is 9.65 Å². The zero-order chi connectivity index (χ0) is 14.8. The Labute approximate surface area is 146 Å². The van der Waals surface area contributed by atoms with Gasteiger partial charge in [0.2, 0.25) is 0 Å². The van der Waals surface area contributed by atoms with Crippen LogP contribution in [-0.4, -0.2) is 9.65 Å². The number of benzene rings is 1. The van der Waals surface area contributed by atoms with Crippen molar-refractivity contribution in [1.82, 2.24) is 0 Å². The number of hydrogen-bond donors (Lipinski definition) is 0. The summed E-state index contributed by atoms with van der Waals surface area (Å²) in [5.74, 6) is 2.43. The van der Waals surface area contributed by atoms with Gasteiger partial charge in [0.05, 0.1) is 0 Å². The Morgan fingerprint density at radius 3 is 1.90 bits per heavy atom. The van der Waals surface area contributed by atoms with E-state index in [4.69, 9.17) is 0 Å². The summed E-state index contributed by atoms with van der Waals surface area (Å²) in [4.78, 5) is 1.33. The van der Waals surface area contributed by atoms with Crippen molar-refractivity contribution in [3.05, 3.63) is 35.4 Å². The van der Waals surface area contributed by atoms with Crippen molar-refractivity contribution in [2.24, 2.45) is 5.92 Å². The van der Waals surface area contributed by atoms with Crippen LogP contribution in [0.2, 0.25) is 0 Å². The lowest BCUT2D eigenvalue weighted by atomic mass is 9.78. The first-order chi connectivity index (χ1) is 10.1. The van der Waals surface area contributed by atoms with Gasteiger partial charge in [-0.05, 0) is 61.0 Å². The second-order valence-corrected chi connectivity index (χ2v) is 9.82. The monoisotopic (exact) mass is 412 g/mol. The quantitative estimate of drug-likeness (QED) is 0.469. The van der Waals surface area contributed by atoms with Crippen molar-refractivity contribution in [2.75, 3.05) is 0 Å². The molecule has 0 saturated heterocycles. The fraction of sp³-hybridized carbons (Fsp3) is 0.684. The minimum atomic E-state index is 0.666. The molecular formula is C19H26Br2. The molecule has 0 N–H and O–H groups in total. The second kappa shape index (κ2) is 7.17. The molecule has 0 spiro atoms. The Balaban J connectivity index is 1.69. The first kappa shape index (κ1) is 16.1. The normalized spacial score (nSPS) is 37.4. The maximum absolute atomic E-state index is 3.82. The maximum atomic E-state index is 3.82. The molecule has 116 valence electrons. The van der Waals surface area contributed by atoms with E-state index in [0.29, 0.717) is 15.6 Å². The van der Waals surface area contributed by atoms with Gasteiger partial charge in [0.15, 0.2) is 0 Å². The van der Waals surface area contributed by atoms with Gasteiger partial charge in [-0.1, -0.05) is 75.9 Å². The van der Waals surface area contributed by atoms with Gasteiger partial charge in [-0.3, -0.25) is 0 Å². The van der Waals surface area contributed by atoms with E-state index in [0.717, 1.165) is 11.8 Å². The van der Waals surface area contributed by atoms with Gasteiger partial charge in [-0.2, -0.15) is 0 Å². The molecule has 2 saturated carbocycles. The summed E-state index contributed by atoms with van der Waals surface area (Å²) in [6.07, 6.45) is 9.43. The van der Waals surface area contributed by atoms with Crippen molar-refractivity contribution in [3.8, 4) is 0 Å². The third kappa shape index (κ3) is 4.13. The Bertz CT molecular complexity index is 443. The van der Waals surface area contributed by atoms with E-state index in [9.17, 15) is 0 Å². The zero-order valence-corrected chi connectivity index (χ0v) is 16.1. The Kier molecular flexibility index (Phi) is 5.48. The van der Waals surface area contributed by atoms with Gasteiger partial charge >= 0.3 is 0 Å². The fourth-order valence-corrected chi connectivity index (χ4v) is 6.54. The highest BCUT2D eigenvalue weighted by Gasteiger charge is 2.27. The number of halogens is 2. The lowest BCUT2D eigenvalue weighted by Crippen LogP contribution is -2.21. The van der Waals surface area contributed by atoms with Gasteiger partial charge in [0.25, 0.3) is 0 Å². The zero-order valence-electron chi connectivity index (χ0n) is 12.9. The molecule has 3 unspecified atom stereocenters. The summed E-state index contributed by atoms with van der Waals surface area (Å²) < 4.78 is 0. The molecule has 1 aromatic rings. The van der Waals surface area contributed by atoms with E-state index < -0.39 is 0 Å². The molecule has 1 aromatic carbocycles. The molecule has 0 amide bonds. The first-order valence-electron chi connectivity index (χ1n) is 8.49. The van der Waals surface area contributed by atoms with Crippen LogP contribution in [0.15, 0.2) is 24.3 Å². The molecule has 21 heavy (non-hydrogen) atoms. The number of hydrogen-bond acceptors (Lipinski definition) is 0. The molecular weight excluding hydrogens is 388 g/mol. The van der Waals surface area contributed by atoms with Crippen LogP contribution in [0.25, 0.3) is 0 Å². The minimum Gasteiger partial charge on any atom is -0.0890 e. The summed E-state index contributed by atoms with van der Waals surface area (Å²) >= 11 is 7.64. The van der Waals surface area contributed by atoms with Crippen molar-refractivity contribution in [3.63, 3.8) is 0 Å². The van der Waals surface area contributed by atoms with Gasteiger partial charge in [-0.15, -0.1) is 0 Å². The molecule has 0 aromatic heterocycles. The summed E-state index contributed by atoms with van der Waals surface area (Å²) in [6.45, 7) is 2.41. The Morgan fingerprint density at radius 2 is 1.33 bits per heavy atom. The molecule has 3 rings (SSSR count). The smallest absolute Gasteiger partial charge is 0.0162 e. The van der Waals surface area contributed by atoms with Crippen molar-refractivity contribution < 1.29 is 0 Å². The number of alkyl halides is 2. The van der Waals surface area contributed by atoms with Crippen LogP contribution in [0.1, 0.15) is 74.8 Å². The lowest BCUT2D eigenvalue weighted by Gasteiger charge is -2.30. The van der Waals surface area contributed by atoms with Crippen molar-refractivity contribution >= 4 is 31.9 Å². The van der Waals surface area contributed by atoms with Crippen LogP contribution in [-0.2, 0) is 0 Å². The highest BCUT2D eigenvalue weighted by molar-refractivity contribution is 9.10. The standard InChI is InChI=1S/C19H26Br2/c1-13-3-2-4-16(9-13)14-5-7-15(8-6-14)17-10-18(20)12-19(21)11-17/h5-8,13,16-19H,2-4,9-12H2,1H3/t13?,16?,17-,18+,19?/m0/s1. The Morgan fingerprint density at radius 1 is 0.762 bits per heavy atom. The summed E-state index contributed by atoms with van der Waals surface area (Å²) in [7, 11) is 0. The van der Waals surface area contributed by atoms with E-state index in [-0.39, 0.29) is 0 Å². The summed E-state index contributed by atoms with van der Waals surface area (Å²) in [6, 6.07) is 9.65. The van der Waals surface area contributed by atoms with Crippen LogP contribution in [0, 0.1) is 5.92 Å². The first-order valence-corrected chi connectivity index (χ1v) is 10.3. The van der Waals surface area contributed by atoms with E-state index in [1.807, 2.05) is 0 Å². The molecule has 2 fully saturated rings. The van der Waals surface area contributed by atoms with Crippen molar-refractivity contribution in [2.45, 2.75) is 73.4 Å². The molecule has 5 atom stereocenters. The average Bonchev–Trinajstić information content (AvgIpc) is 2.46. The van der Waals surface area contributed by atoms with E-state index in [1.165, 1.54) is 50.5 Å². The van der Waals surface area contributed by atoms with Gasteiger partial charge < -0.3 is 0 Å². The third-order valence-electron chi connectivity index (χ3n) is 5.41. The SMILES string of the molecule is CC1CCCC(c2ccc([C@@H]3CC(Br)C[C@H](Br)C3)cc2)C1. The van der Waals surface area contributed by atoms with E-state index in [2.05, 4.69) is 63.0 Å². The van der Waals surface area contributed by atoms with Crippen molar-refractivity contribution in [1.29, 1.82) is 0 Å². The highest BCUT2D eigenvalue weighted by Crippen LogP contribution is 2.40. The van der Waals surface area contributed by atoms with Gasteiger partial charge in [0.1, 0.15) is 0 Å². The van der Waals surface area contributed by atoms with E-state index >= 15 is 0 Å². The summed E-state index contributed by atoms with van der Waals surface area (Å²) in [5.41, 5.74) is 3.11. The van der Waals surface area contributed by atoms with Gasteiger partial charge in [-0.25, -0.2) is 0 Å². The van der Waals surface area contributed by atoms with Crippen LogP contribution in [0.3, 0.4) is 0 Å². The molecule has 2 aliphatic rings. The number of rotatable bonds is 2. The summed E-state index contributed by atoms with van der Waals surface area (Å²) in [5, 5.41) is 0. The molecule has 0 nitrogen and oxygen atoms in total. The van der Waals surface area contributed by atoms with E-state index in [1.54, 1.807) is 5.56 Å². The van der Waals surface area contributed by atoms with Crippen LogP contribution in [0.5, 0.6) is 0 Å². The largest absolute Gasteiger partial charge is 0.0890 e. The molecule has 0 radical (unpaired) electrons. The second-order valence-electron chi connectivity index (χ2n) is 7.23. The predicted octanol–water partition coefficient (Wildman–Crippen LogP) is 6.77. The Hall–Kier alpha value is 0.180. The molecule has 0 heterocycles. The minimum absolute atomic E-state index is 0.666. The third-order valence-corrected chi connectivity index (χ3v) is 6.90. The maximum Gasteiger partial charge on any atom is 0.0162 e. The average molecular weight is 414 g/mol. The molecule has 0 aliphatic heterocycles. The predicted molar refractivity (Wildman–Crippen MR) is 98.8 cm³/mol. The topological polar surface area (TPSA) is 0 Å². The fourth-order valence-electron chi connectivity index (χ4n) is 4.23. The molecule has 0 bridgehead atoms. The molecule has 2 aliphatic carbocycles.